The maximum atomic E-state index is 12.2. The van der Waals surface area contributed by atoms with Gasteiger partial charge in [-0.3, -0.25) is 24.0 Å². The van der Waals surface area contributed by atoms with Crippen molar-refractivity contribution in [3.63, 3.8) is 0 Å². The van der Waals surface area contributed by atoms with Gasteiger partial charge in [0.2, 0.25) is 0 Å². The number of carbonyl (C=O) groups excluding carboxylic acids is 4. The van der Waals surface area contributed by atoms with Crippen molar-refractivity contribution in [1.82, 2.24) is 0 Å². The minimum absolute atomic E-state index is 0.0197. The predicted molar refractivity (Wildman–Crippen MR) is 247 cm³/mol. The number of aliphatic hydroxyl groups excluding tert-OH is 2. The zero-order valence-electron chi connectivity index (χ0n) is 40.3. The van der Waals surface area contributed by atoms with Crippen molar-refractivity contribution in [1.29, 1.82) is 0 Å². The number of unbranched alkanes of at least 4 members (excludes halogenated alkanes) is 2. The van der Waals surface area contributed by atoms with Gasteiger partial charge in [0.1, 0.15) is 37.6 Å². The van der Waals surface area contributed by atoms with Gasteiger partial charge in [-0.15, -0.1) is 0 Å². The Labute approximate surface area is 382 Å². The Balaban J connectivity index is 0.000000933. The molecule has 14 nitrogen and oxygen atoms in total. The van der Waals surface area contributed by atoms with Crippen molar-refractivity contribution in [2.75, 3.05) is 41.2 Å². The van der Waals surface area contributed by atoms with Crippen LogP contribution in [0.4, 0.5) is 0 Å². The molecule has 64 heavy (non-hydrogen) atoms. The van der Waals surface area contributed by atoms with Crippen LogP contribution in [0.3, 0.4) is 0 Å². The number of hydrogen-bond acceptors (Lipinski definition) is 13. The summed E-state index contributed by atoms with van der Waals surface area (Å²) in [6.45, 7) is 13.1. The monoisotopic (exact) mass is 905 g/mol. The Morgan fingerprint density at radius 1 is 0.859 bits per heavy atom. The molecule has 0 aliphatic carbocycles. The highest BCUT2D eigenvalue weighted by Gasteiger charge is 2.27. The largest absolute Gasteiger partial charge is 0.481 e. The van der Waals surface area contributed by atoms with E-state index in [-0.39, 0.29) is 73.8 Å². The van der Waals surface area contributed by atoms with Crippen LogP contribution in [-0.2, 0) is 52.4 Å². The number of cyclic esters (lactones) is 2. The lowest BCUT2D eigenvalue weighted by Gasteiger charge is -2.27. The average Bonchev–Trinajstić information content (AvgIpc) is 3.25. The van der Waals surface area contributed by atoms with Crippen molar-refractivity contribution in [3.05, 3.63) is 71.4 Å². The first-order chi connectivity index (χ1) is 30.4. The molecule has 0 aromatic heterocycles. The summed E-state index contributed by atoms with van der Waals surface area (Å²) in [4.78, 5) is 57.1. The van der Waals surface area contributed by atoms with E-state index in [1.54, 1.807) is 14.2 Å². The van der Waals surface area contributed by atoms with Gasteiger partial charge in [0, 0.05) is 65.3 Å². The van der Waals surface area contributed by atoms with Gasteiger partial charge >= 0.3 is 23.9 Å². The summed E-state index contributed by atoms with van der Waals surface area (Å²) in [7, 11) is 4.69. The molecule has 0 fully saturated rings. The molecule has 364 valence electrons. The minimum atomic E-state index is -0.774. The Morgan fingerprint density at radius 2 is 1.44 bits per heavy atom. The predicted octanol–water partition coefficient (Wildman–Crippen LogP) is 8.15. The van der Waals surface area contributed by atoms with Crippen molar-refractivity contribution in [3.8, 4) is 0 Å². The van der Waals surface area contributed by atoms with Gasteiger partial charge in [-0.2, -0.15) is 0 Å². The number of aliphatic carboxylic acids is 1. The zero-order chi connectivity index (χ0) is 48.5. The number of allylic oxidation sites excluding steroid dienone is 4. The first-order valence-electron chi connectivity index (χ1n) is 22.5. The van der Waals surface area contributed by atoms with Crippen LogP contribution >= 0.6 is 0 Å². The topological polar surface area (TPSA) is 201 Å². The third-order valence-electron chi connectivity index (χ3n) is 10.3. The van der Waals surface area contributed by atoms with Crippen LogP contribution in [0, 0.1) is 17.8 Å². The highest BCUT2D eigenvalue weighted by Crippen LogP contribution is 2.21. The Morgan fingerprint density at radius 3 is 1.95 bits per heavy atom. The van der Waals surface area contributed by atoms with E-state index in [9.17, 15) is 29.1 Å². The summed E-state index contributed by atoms with van der Waals surface area (Å²) in [5, 5.41) is 27.7. The minimum Gasteiger partial charge on any atom is -0.481 e. The van der Waals surface area contributed by atoms with Gasteiger partial charge < -0.3 is 43.7 Å². The second-order valence-corrected chi connectivity index (χ2v) is 16.5. The van der Waals surface area contributed by atoms with Gasteiger partial charge in [-0.05, 0) is 89.7 Å². The molecule has 2 aliphatic heterocycles. The summed E-state index contributed by atoms with van der Waals surface area (Å²) in [5.41, 5.74) is 2.63. The molecule has 2 rings (SSSR count). The lowest BCUT2D eigenvalue weighted by molar-refractivity contribution is -0.154. The van der Waals surface area contributed by atoms with E-state index in [1.165, 1.54) is 14.0 Å². The van der Waals surface area contributed by atoms with Crippen LogP contribution in [0.5, 0.6) is 0 Å². The smallest absolute Gasteiger partial charge is 0.306 e. The molecule has 8 atom stereocenters. The van der Waals surface area contributed by atoms with Gasteiger partial charge in [0.05, 0.1) is 12.7 Å². The van der Waals surface area contributed by atoms with E-state index in [0.717, 1.165) is 68.1 Å². The van der Waals surface area contributed by atoms with Crippen LogP contribution in [0.25, 0.3) is 0 Å². The number of ether oxygens (including phenoxy) is 6. The fourth-order valence-electron chi connectivity index (χ4n) is 6.73. The molecule has 0 amide bonds. The average molecular weight is 905 g/mol. The van der Waals surface area contributed by atoms with E-state index in [1.807, 2.05) is 96.2 Å². The molecule has 3 N–H and O–H groups in total. The normalized spacial score (nSPS) is 26.4. The standard InChI is InChI=1S/C18H28O5.C16H28O5.C16H24O4/c1-13-11-14(2)18(23-15(3)19)16(21-4)9-7-5-6-8-10-17(20)22-12-13;1-12(11-17)10-13(2)16(20)14(21-3)8-6-4-5-7-9-15(18)19;1-12-10-13(2)16(18)14(19-3)8-6-4-5-7-9-15(17)20-11-12/h7,9,11,14,16,18H,5-6,8,10,12H2,1-4H3;6,8,10,13-14,16-17,20H,4-5,7,9,11H2,1-3H3,(H,18,19);6,8,10,13-14H,4-5,7,9,11H2,1-3H3/b9-7+,13-11-;2*8-6+,12-10-/t14-,16+,18+;13-,14+,16?;13-,14+/m111/s1. The third-order valence-corrected chi connectivity index (χ3v) is 10.3. The lowest BCUT2D eigenvalue weighted by Crippen LogP contribution is -2.36. The quantitative estimate of drug-likeness (QED) is 0.0652. The Kier molecular flexibility index (Phi) is 33.7. The number of rotatable bonds is 14. The molecule has 0 bridgehead atoms. The number of aliphatic hydroxyl groups is 2. The maximum absolute atomic E-state index is 12.2. The van der Waals surface area contributed by atoms with Crippen LogP contribution in [-0.4, -0.2) is 117 Å². The second kappa shape index (κ2) is 36.1. The Bertz CT molecular complexity index is 1560. The molecule has 0 saturated heterocycles. The van der Waals surface area contributed by atoms with Gasteiger partial charge in [-0.25, -0.2) is 0 Å². The molecule has 14 heteroatoms. The summed E-state index contributed by atoms with van der Waals surface area (Å²) < 4.78 is 31.9. The SMILES string of the molecule is CO[C@@H](/C=C/CCCCC(=O)O)C(O)[C@H](C)/C=C(/C)CO.CO[C@H]1/C=C/CCCCC(=O)OC/C(C)=C\[C@@H](C)C1=O.CO[C@H]1/C=C/CCCCC(=O)OC/C(C)=C\[C@@H](C)[C@@H]1OC(C)=O. The molecule has 0 aromatic carbocycles. The third kappa shape index (κ3) is 28.6. The van der Waals surface area contributed by atoms with Crippen molar-refractivity contribution in [2.24, 2.45) is 17.8 Å². The van der Waals surface area contributed by atoms with E-state index in [2.05, 4.69) is 0 Å². The molecule has 0 radical (unpaired) electrons. The number of carboxylic acids is 1. The highest BCUT2D eigenvalue weighted by atomic mass is 16.6. The first-order valence-corrected chi connectivity index (χ1v) is 22.5. The van der Waals surface area contributed by atoms with Crippen LogP contribution in [0.2, 0.25) is 0 Å². The highest BCUT2D eigenvalue weighted by molar-refractivity contribution is 5.88. The Hall–Kier alpha value is -4.21. The number of hydrogen-bond donors (Lipinski definition) is 3. The number of esters is 3. The molecule has 1 unspecified atom stereocenters. The van der Waals surface area contributed by atoms with E-state index in [0.29, 0.717) is 19.3 Å². The van der Waals surface area contributed by atoms with Crippen LogP contribution < -0.4 is 0 Å². The second-order valence-electron chi connectivity index (χ2n) is 16.5. The van der Waals surface area contributed by atoms with E-state index in [4.69, 9.17) is 38.6 Å². The first kappa shape index (κ1) is 59.8. The van der Waals surface area contributed by atoms with E-state index < -0.39 is 30.4 Å². The molecular formula is C50H80O14. The molecule has 0 aromatic rings. The number of Topliss-reactive ketones (excluding diaryl/α,β-unsaturated/α-hetero) is 1. The summed E-state index contributed by atoms with van der Waals surface area (Å²) in [5.74, 6) is -1.88. The summed E-state index contributed by atoms with van der Waals surface area (Å²) >= 11 is 0. The number of carboxylic acid groups (broad SMARTS) is 1. The van der Waals surface area contributed by atoms with Crippen molar-refractivity contribution in [2.45, 2.75) is 156 Å². The maximum Gasteiger partial charge on any atom is 0.306 e. The fraction of sp³-hybridized carbons (Fsp3) is 0.660. The zero-order valence-corrected chi connectivity index (χ0v) is 40.3. The number of methoxy groups -OCH3 is 3. The fourth-order valence-corrected chi connectivity index (χ4v) is 6.73. The van der Waals surface area contributed by atoms with Gasteiger partial charge in [0.25, 0.3) is 0 Å². The van der Waals surface area contributed by atoms with Gasteiger partial charge in [-0.1, -0.05) is 81.0 Å². The molecular weight excluding hydrogens is 825 g/mol. The van der Waals surface area contributed by atoms with Crippen molar-refractivity contribution >= 4 is 29.7 Å². The molecule has 2 heterocycles. The number of ketones is 1. The summed E-state index contributed by atoms with van der Waals surface area (Å²) in [6, 6.07) is 0. The lowest BCUT2D eigenvalue weighted by atomic mass is 9.96. The molecule has 2 aliphatic rings. The van der Waals surface area contributed by atoms with Crippen LogP contribution in [0.15, 0.2) is 71.4 Å². The number of carbonyl (C=O) groups is 5. The molecule has 0 saturated carbocycles. The molecule has 0 spiro atoms. The van der Waals surface area contributed by atoms with Crippen molar-refractivity contribution < 1.29 is 67.7 Å². The van der Waals surface area contributed by atoms with E-state index >= 15 is 0 Å². The summed E-state index contributed by atoms with van der Waals surface area (Å²) in [6.07, 6.45) is 23.1. The van der Waals surface area contributed by atoms with Crippen LogP contribution in [0.1, 0.15) is 126 Å². The van der Waals surface area contributed by atoms with Gasteiger partial charge in [0.15, 0.2) is 5.78 Å².